The maximum Gasteiger partial charge on any atom is 0.256 e. The lowest BCUT2D eigenvalue weighted by atomic mass is 10.1. The Kier molecular flexibility index (Phi) is 5.22. The van der Waals surface area contributed by atoms with Gasteiger partial charge in [-0.05, 0) is 26.0 Å². The molecule has 0 spiro atoms. The van der Waals surface area contributed by atoms with E-state index in [4.69, 9.17) is 9.26 Å². The summed E-state index contributed by atoms with van der Waals surface area (Å²) in [5.74, 6) is 0.367. The number of hydrogen-bond donors (Lipinski definition) is 1. The van der Waals surface area contributed by atoms with Crippen LogP contribution in [0.4, 0.5) is 0 Å². The monoisotopic (exact) mass is 330 g/mol. The van der Waals surface area contributed by atoms with Crippen molar-refractivity contribution in [1.29, 1.82) is 0 Å². The summed E-state index contributed by atoms with van der Waals surface area (Å²) in [5, 5.41) is 6.84. The largest absolute Gasteiger partial charge is 0.379 e. The average Bonchev–Trinajstić information content (AvgIpc) is 2.95. The lowest BCUT2D eigenvalue weighted by Gasteiger charge is -2.34. The second-order valence-corrected chi connectivity index (χ2v) is 5.83. The van der Waals surface area contributed by atoms with Crippen molar-refractivity contribution in [3.8, 4) is 0 Å². The van der Waals surface area contributed by atoms with Gasteiger partial charge in [-0.1, -0.05) is 11.2 Å². The summed E-state index contributed by atoms with van der Waals surface area (Å²) in [6.07, 6.45) is 1.78. The van der Waals surface area contributed by atoms with Gasteiger partial charge in [0.25, 0.3) is 5.91 Å². The van der Waals surface area contributed by atoms with Crippen LogP contribution in [0.15, 0.2) is 28.9 Å². The molecular formula is C17H22N4O3. The summed E-state index contributed by atoms with van der Waals surface area (Å²) in [6.45, 7) is 7.02. The van der Waals surface area contributed by atoms with E-state index in [9.17, 15) is 4.79 Å². The molecule has 1 N–H and O–H groups in total. The molecule has 0 radical (unpaired) electrons. The number of ether oxygens (including phenoxy) is 1. The van der Waals surface area contributed by atoms with E-state index >= 15 is 0 Å². The third kappa shape index (κ3) is 3.63. The number of aryl methyl sites for hydroxylation is 2. The van der Waals surface area contributed by atoms with Gasteiger partial charge in [0.2, 0.25) is 0 Å². The lowest BCUT2D eigenvalue weighted by molar-refractivity contribution is 0.0154. The average molecular weight is 330 g/mol. The molecule has 7 heteroatoms. The highest BCUT2D eigenvalue weighted by atomic mass is 16.5. The van der Waals surface area contributed by atoms with Crippen LogP contribution in [-0.4, -0.2) is 53.8 Å². The highest BCUT2D eigenvalue weighted by Gasteiger charge is 2.25. The molecule has 1 atom stereocenters. The molecule has 2 aromatic heterocycles. The molecule has 1 aliphatic rings. The Morgan fingerprint density at radius 3 is 2.75 bits per heavy atom. The Bertz CT molecular complexity index is 661. The number of aromatic nitrogens is 2. The number of pyridine rings is 1. The normalized spacial score (nSPS) is 16.8. The van der Waals surface area contributed by atoms with Crippen molar-refractivity contribution in [2.45, 2.75) is 19.9 Å². The van der Waals surface area contributed by atoms with E-state index in [1.165, 1.54) is 0 Å². The first kappa shape index (κ1) is 16.6. The second-order valence-electron chi connectivity index (χ2n) is 5.83. The molecule has 0 unspecified atom stereocenters. The quantitative estimate of drug-likeness (QED) is 0.895. The van der Waals surface area contributed by atoms with Crippen LogP contribution in [0, 0.1) is 13.8 Å². The first-order valence-corrected chi connectivity index (χ1v) is 8.10. The second kappa shape index (κ2) is 7.55. The summed E-state index contributed by atoms with van der Waals surface area (Å²) in [7, 11) is 0. The van der Waals surface area contributed by atoms with E-state index in [0.717, 1.165) is 18.8 Å². The molecular weight excluding hydrogens is 308 g/mol. The van der Waals surface area contributed by atoms with E-state index in [-0.39, 0.29) is 11.9 Å². The van der Waals surface area contributed by atoms with Crippen LogP contribution in [0.5, 0.6) is 0 Å². The lowest BCUT2D eigenvalue weighted by Crippen LogP contribution is -2.44. The third-order valence-corrected chi connectivity index (χ3v) is 4.23. The minimum atomic E-state index is -0.166. The van der Waals surface area contributed by atoms with Crippen LogP contribution >= 0.6 is 0 Å². The first-order valence-electron chi connectivity index (χ1n) is 8.10. The van der Waals surface area contributed by atoms with Gasteiger partial charge in [-0.3, -0.25) is 14.7 Å². The molecule has 1 saturated heterocycles. The molecule has 1 fully saturated rings. The first-order chi connectivity index (χ1) is 11.7. The van der Waals surface area contributed by atoms with Crippen molar-refractivity contribution in [3.63, 3.8) is 0 Å². The maximum absolute atomic E-state index is 12.5. The SMILES string of the molecule is Cc1noc(C)c1C(=O)NC[C@H](c1ccccn1)N1CCOCC1. The Balaban J connectivity index is 1.73. The van der Waals surface area contributed by atoms with Gasteiger partial charge in [0.15, 0.2) is 0 Å². The van der Waals surface area contributed by atoms with Crippen LogP contribution in [0.25, 0.3) is 0 Å². The molecule has 1 amide bonds. The maximum atomic E-state index is 12.5. The summed E-state index contributed by atoms with van der Waals surface area (Å²) < 4.78 is 10.5. The van der Waals surface area contributed by atoms with Crippen LogP contribution < -0.4 is 5.32 Å². The number of rotatable bonds is 5. The summed E-state index contributed by atoms with van der Waals surface area (Å²) >= 11 is 0. The Hall–Kier alpha value is -2.25. The van der Waals surface area contributed by atoms with Gasteiger partial charge in [-0.15, -0.1) is 0 Å². The zero-order valence-corrected chi connectivity index (χ0v) is 14.0. The molecule has 3 rings (SSSR count). The van der Waals surface area contributed by atoms with Gasteiger partial charge < -0.3 is 14.6 Å². The number of hydrogen-bond acceptors (Lipinski definition) is 6. The minimum Gasteiger partial charge on any atom is -0.379 e. The summed E-state index contributed by atoms with van der Waals surface area (Å²) in [4.78, 5) is 19.2. The predicted octanol–water partition coefficient (Wildman–Crippen LogP) is 1.49. The van der Waals surface area contributed by atoms with Crippen LogP contribution in [0.2, 0.25) is 0 Å². The number of nitrogens with one attached hydrogen (secondary N) is 1. The smallest absolute Gasteiger partial charge is 0.256 e. The number of amides is 1. The van der Waals surface area contributed by atoms with Crippen LogP contribution in [0.3, 0.4) is 0 Å². The van der Waals surface area contributed by atoms with Gasteiger partial charge >= 0.3 is 0 Å². The zero-order chi connectivity index (χ0) is 16.9. The van der Waals surface area contributed by atoms with Crippen LogP contribution in [0.1, 0.15) is 33.5 Å². The summed E-state index contributed by atoms with van der Waals surface area (Å²) in [6, 6.07) is 5.86. The highest BCUT2D eigenvalue weighted by Crippen LogP contribution is 2.20. The molecule has 2 aromatic rings. The standard InChI is InChI=1S/C17H22N4O3/c1-12-16(13(2)24-20-12)17(22)19-11-15(14-5-3-4-6-18-14)21-7-9-23-10-8-21/h3-6,15H,7-11H2,1-2H3,(H,19,22)/t15-/m1/s1. The molecule has 3 heterocycles. The fourth-order valence-corrected chi connectivity index (χ4v) is 2.97. The van der Waals surface area contributed by atoms with Crippen LogP contribution in [-0.2, 0) is 4.74 Å². The van der Waals surface area contributed by atoms with Gasteiger partial charge in [0, 0.05) is 25.8 Å². The van der Waals surface area contributed by atoms with E-state index in [0.29, 0.717) is 36.8 Å². The number of morpholine rings is 1. The third-order valence-electron chi connectivity index (χ3n) is 4.23. The topological polar surface area (TPSA) is 80.5 Å². The van der Waals surface area contributed by atoms with Gasteiger partial charge in [0.05, 0.1) is 30.6 Å². The molecule has 0 saturated carbocycles. The minimum absolute atomic E-state index is 0.0134. The molecule has 0 aromatic carbocycles. The van der Waals surface area contributed by atoms with Crippen molar-refractivity contribution in [2.75, 3.05) is 32.8 Å². The molecule has 1 aliphatic heterocycles. The highest BCUT2D eigenvalue weighted by molar-refractivity contribution is 5.96. The molecule has 7 nitrogen and oxygen atoms in total. The van der Waals surface area contributed by atoms with Gasteiger partial charge in [-0.2, -0.15) is 0 Å². The van der Waals surface area contributed by atoms with Crippen molar-refractivity contribution < 1.29 is 14.1 Å². The van der Waals surface area contributed by atoms with Gasteiger partial charge in [0.1, 0.15) is 11.3 Å². The van der Waals surface area contributed by atoms with Crippen molar-refractivity contribution >= 4 is 5.91 Å². The molecule has 0 bridgehead atoms. The molecule has 0 aliphatic carbocycles. The molecule has 128 valence electrons. The van der Waals surface area contributed by atoms with Crippen molar-refractivity contribution in [1.82, 2.24) is 20.4 Å². The predicted molar refractivity (Wildman–Crippen MR) is 87.7 cm³/mol. The summed E-state index contributed by atoms with van der Waals surface area (Å²) in [5.41, 5.74) is 2.06. The van der Waals surface area contributed by atoms with Crippen molar-refractivity contribution in [2.24, 2.45) is 0 Å². The number of carbonyl (C=O) groups excluding carboxylic acids is 1. The van der Waals surface area contributed by atoms with E-state index in [1.807, 2.05) is 18.2 Å². The number of nitrogens with zero attached hydrogens (tertiary/aromatic N) is 3. The number of carbonyl (C=O) groups is 1. The van der Waals surface area contributed by atoms with E-state index < -0.39 is 0 Å². The Morgan fingerprint density at radius 2 is 2.12 bits per heavy atom. The fraction of sp³-hybridized carbons (Fsp3) is 0.471. The van der Waals surface area contributed by atoms with E-state index in [1.54, 1.807) is 20.0 Å². The Morgan fingerprint density at radius 1 is 1.33 bits per heavy atom. The van der Waals surface area contributed by atoms with Crippen molar-refractivity contribution in [3.05, 3.63) is 47.1 Å². The Labute approximate surface area is 141 Å². The zero-order valence-electron chi connectivity index (χ0n) is 14.0. The fourth-order valence-electron chi connectivity index (χ4n) is 2.97. The van der Waals surface area contributed by atoms with Gasteiger partial charge in [-0.25, -0.2) is 0 Å². The molecule has 24 heavy (non-hydrogen) atoms. The van der Waals surface area contributed by atoms with E-state index in [2.05, 4.69) is 20.4 Å².